The molecule has 13 heavy (non-hydrogen) atoms. The number of hydrogen-bond acceptors (Lipinski definition) is 2. The molecular weight excluding hydrogens is 207 g/mol. The van der Waals surface area contributed by atoms with Crippen molar-refractivity contribution in [3.8, 4) is 0 Å². The van der Waals surface area contributed by atoms with E-state index in [1.165, 1.54) is 0 Å². The average molecular weight is 220 g/mol. The predicted molar refractivity (Wildman–Crippen MR) is 45.0 cm³/mol. The largest absolute Gasteiger partial charge is 0.417 e. The van der Waals surface area contributed by atoms with Crippen molar-refractivity contribution in [2.45, 2.75) is 31.0 Å². The highest BCUT2D eigenvalue weighted by Gasteiger charge is 2.52. The van der Waals surface area contributed by atoms with Gasteiger partial charge in [0.05, 0.1) is 0 Å². The molecule has 0 aromatic rings. The van der Waals surface area contributed by atoms with Gasteiger partial charge in [-0.3, -0.25) is 0 Å². The van der Waals surface area contributed by atoms with Gasteiger partial charge in [0.15, 0.2) is 5.60 Å². The first-order valence-electron chi connectivity index (χ1n) is 3.95. The van der Waals surface area contributed by atoms with Crippen LogP contribution in [-0.4, -0.2) is 30.0 Å². The highest BCUT2D eigenvalue weighted by atomic mass is 35.5. The zero-order valence-electron chi connectivity index (χ0n) is 7.02. The summed E-state index contributed by atoms with van der Waals surface area (Å²) in [7, 11) is 0. The Morgan fingerprint density at radius 1 is 1.15 bits per heavy atom. The van der Waals surface area contributed by atoms with Gasteiger partial charge in [-0.2, -0.15) is 13.2 Å². The summed E-state index contributed by atoms with van der Waals surface area (Å²) in [5.41, 5.74) is -2.46. The highest BCUT2D eigenvalue weighted by Crippen LogP contribution is 2.37. The summed E-state index contributed by atoms with van der Waals surface area (Å²) in [4.78, 5) is 0. The van der Waals surface area contributed by atoms with Gasteiger partial charge in [-0.1, -0.05) is 0 Å². The fourth-order valence-electron chi connectivity index (χ4n) is 1.33. The molecule has 0 amide bonds. The molecule has 6 heteroatoms. The second kappa shape index (κ2) is 4.48. The van der Waals surface area contributed by atoms with Crippen molar-refractivity contribution >= 4 is 12.4 Å². The Kier molecular flexibility index (Phi) is 4.48. The number of hydrogen-bond donors (Lipinski definition) is 2. The number of aliphatic hydroxyl groups is 1. The summed E-state index contributed by atoms with van der Waals surface area (Å²) in [6, 6.07) is 0. The van der Waals surface area contributed by atoms with Gasteiger partial charge in [0.25, 0.3) is 0 Å². The van der Waals surface area contributed by atoms with E-state index in [2.05, 4.69) is 5.32 Å². The molecular formula is C7H13ClF3NO. The van der Waals surface area contributed by atoms with Gasteiger partial charge in [0, 0.05) is 0 Å². The third-order valence-electron chi connectivity index (χ3n) is 2.19. The zero-order chi connectivity index (χ0) is 9.24. The Morgan fingerprint density at radius 2 is 1.77 bits per heavy atom. The molecule has 2 N–H and O–H groups in total. The third-order valence-corrected chi connectivity index (χ3v) is 2.19. The monoisotopic (exact) mass is 219 g/mol. The fourth-order valence-corrected chi connectivity index (χ4v) is 1.33. The van der Waals surface area contributed by atoms with Gasteiger partial charge in [-0.05, 0) is 32.4 Å². The van der Waals surface area contributed by atoms with E-state index in [1.807, 2.05) is 0 Å². The number of rotatable bonds is 0. The summed E-state index contributed by atoms with van der Waals surface area (Å²) >= 11 is 0. The molecule has 0 unspecified atom stereocenters. The van der Waals surface area contributed by atoms with Crippen molar-refractivity contribution in [2.24, 2.45) is 0 Å². The van der Waals surface area contributed by atoms with Crippen LogP contribution in [0.3, 0.4) is 0 Å². The fraction of sp³-hybridized carbons (Fsp3) is 1.00. The Balaban J connectivity index is 0.00000144. The topological polar surface area (TPSA) is 32.3 Å². The van der Waals surface area contributed by atoms with E-state index in [9.17, 15) is 18.3 Å². The predicted octanol–water partition coefficient (Wildman–Crippen LogP) is 1.48. The van der Waals surface area contributed by atoms with Gasteiger partial charge >= 0.3 is 6.18 Å². The Labute approximate surface area is 80.9 Å². The first-order valence-corrected chi connectivity index (χ1v) is 3.95. The van der Waals surface area contributed by atoms with Crippen LogP contribution in [0.15, 0.2) is 0 Å². The lowest BCUT2D eigenvalue weighted by Gasteiger charge is -2.28. The zero-order valence-corrected chi connectivity index (χ0v) is 7.84. The SMILES string of the molecule is Cl.O[C@@]1(C(F)(F)F)CCCNCC1. The summed E-state index contributed by atoms with van der Waals surface area (Å²) in [6.45, 7) is 0.786. The standard InChI is InChI=1S/C7H12F3NO.ClH/c8-7(9,10)6(12)2-1-4-11-5-3-6;/h11-12H,1-5H2;1H/t6-;/m0./s1. The van der Waals surface area contributed by atoms with Crippen LogP contribution in [0.2, 0.25) is 0 Å². The third kappa shape index (κ3) is 3.00. The summed E-state index contributed by atoms with van der Waals surface area (Å²) in [5.74, 6) is 0. The molecule has 0 saturated carbocycles. The lowest BCUT2D eigenvalue weighted by Crippen LogP contribution is -2.45. The first kappa shape index (κ1) is 13.0. The van der Waals surface area contributed by atoms with Crippen molar-refractivity contribution < 1.29 is 18.3 Å². The Hall–Kier alpha value is -0.0000000000000000486. The molecule has 0 radical (unpaired) electrons. The van der Waals surface area contributed by atoms with E-state index in [-0.39, 0.29) is 31.8 Å². The number of halogens is 4. The van der Waals surface area contributed by atoms with E-state index in [4.69, 9.17) is 0 Å². The molecule has 2 nitrogen and oxygen atoms in total. The average Bonchev–Trinajstić information content (AvgIpc) is 2.12. The van der Waals surface area contributed by atoms with Gasteiger partial charge < -0.3 is 10.4 Å². The van der Waals surface area contributed by atoms with Crippen molar-refractivity contribution in [2.75, 3.05) is 13.1 Å². The van der Waals surface area contributed by atoms with Crippen LogP contribution in [0.1, 0.15) is 19.3 Å². The molecule has 1 heterocycles. The maximum Gasteiger partial charge on any atom is 0.417 e. The summed E-state index contributed by atoms with van der Waals surface area (Å²) < 4.78 is 36.7. The van der Waals surface area contributed by atoms with Crippen molar-refractivity contribution in [1.82, 2.24) is 5.32 Å². The van der Waals surface area contributed by atoms with Gasteiger partial charge in [-0.15, -0.1) is 12.4 Å². The number of alkyl halides is 3. The van der Waals surface area contributed by atoms with Crippen LogP contribution in [0, 0.1) is 0 Å². The molecule has 80 valence electrons. The molecule has 1 fully saturated rings. The van der Waals surface area contributed by atoms with Gasteiger partial charge in [0.1, 0.15) is 0 Å². The molecule has 0 spiro atoms. The van der Waals surface area contributed by atoms with E-state index < -0.39 is 11.8 Å². The van der Waals surface area contributed by atoms with Crippen LogP contribution in [0.5, 0.6) is 0 Å². The molecule has 1 saturated heterocycles. The van der Waals surface area contributed by atoms with E-state index in [0.717, 1.165) is 0 Å². The van der Waals surface area contributed by atoms with Crippen molar-refractivity contribution in [3.63, 3.8) is 0 Å². The van der Waals surface area contributed by atoms with E-state index >= 15 is 0 Å². The minimum atomic E-state index is -4.49. The van der Waals surface area contributed by atoms with E-state index in [0.29, 0.717) is 13.0 Å². The van der Waals surface area contributed by atoms with Crippen LogP contribution < -0.4 is 5.32 Å². The van der Waals surface area contributed by atoms with Crippen molar-refractivity contribution in [1.29, 1.82) is 0 Å². The summed E-state index contributed by atoms with van der Waals surface area (Å²) in [5, 5.41) is 12.0. The lowest BCUT2D eigenvalue weighted by molar-refractivity contribution is -0.263. The second-order valence-corrected chi connectivity index (χ2v) is 3.13. The molecule has 0 aliphatic carbocycles. The van der Waals surface area contributed by atoms with Crippen LogP contribution in [-0.2, 0) is 0 Å². The summed E-state index contributed by atoms with van der Waals surface area (Å²) in [6.07, 6.45) is -4.55. The number of nitrogens with one attached hydrogen (secondary N) is 1. The molecule has 1 aliphatic heterocycles. The molecule has 1 rings (SSSR count). The van der Waals surface area contributed by atoms with E-state index in [1.54, 1.807) is 0 Å². The quantitative estimate of drug-likeness (QED) is 0.647. The van der Waals surface area contributed by atoms with Gasteiger partial charge in [0.2, 0.25) is 0 Å². The molecule has 1 aliphatic rings. The maximum atomic E-state index is 12.2. The Morgan fingerprint density at radius 3 is 2.31 bits per heavy atom. The van der Waals surface area contributed by atoms with Crippen LogP contribution in [0.4, 0.5) is 13.2 Å². The normalized spacial score (nSPS) is 30.5. The minimum absolute atomic E-state index is 0. The van der Waals surface area contributed by atoms with Gasteiger partial charge in [-0.25, -0.2) is 0 Å². The minimum Gasteiger partial charge on any atom is -0.380 e. The van der Waals surface area contributed by atoms with Crippen molar-refractivity contribution in [3.05, 3.63) is 0 Å². The smallest absolute Gasteiger partial charge is 0.380 e. The first-order chi connectivity index (χ1) is 5.46. The molecule has 0 bridgehead atoms. The second-order valence-electron chi connectivity index (χ2n) is 3.13. The maximum absolute atomic E-state index is 12.2. The molecule has 0 aromatic carbocycles. The van der Waals surface area contributed by atoms with Crippen LogP contribution in [0.25, 0.3) is 0 Å². The van der Waals surface area contributed by atoms with Crippen LogP contribution >= 0.6 is 12.4 Å². The lowest BCUT2D eigenvalue weighted by atomic mass is 9.94. The highest BCUT2D eigenvalue weighted by molar-refractivity contribution is 5.85. The molecule has 0 aromatic heterocycles. The molecule has 1 atom stereocenters. The Bertz CT molecular complexity index is 154.